The molecule has 1 unspecified atom stereocenters. The van der Waals surface area contributed by atoms with E-state index in [4.69, 9.17) is 5.73 Å². The molecule has 0 saturated heterocycles. The van der Waals surface area contributed by atoms with Gasteiger partial charge in [-0.15, -0.1) is 0 Å². The third kappa shape index (κ3) is 2.00. The molecule has 0 aliphatic rings. The maximum absolute atomic E-state index is 13.8. The Hall–Kier alpha value is -2.20. The summed E-state index contributed by atoms with van der Waals surface area (Å²) in [5.41, 5.74) is 8.09. The predicted octanol–water partition coefficient (Wildman–Crippen LogP) is 2.76. The molecule has 3 nitrogen and oxygen atoms in total. The second-order valence-electron chi connectivity index (χ2n) is 4.61. The highest BCUT2D eigenvalue weighted by Gasteiger charge is 2.15. The van der Waals surface area contributed by atoms with Crippen molar-refractivity contribution in [3.63, 3.8) is 0 Å². The second kappa shape index (κ2) is 4.48. The maximum atomic E-state index is 13.8. The smallest absolute Gasteiger partial charge is 0.131 e. The molecule has 0 spiro atoms. The fourth-order valence-electron chi connectivity index (χ4n) is 2.34. The summed E-state index contributed by atoms with van der Waals surface area (Å²) in [5.74, 6) is -0.224. The number of nitrogens with zero attached hydrogens (tertiary/aromatic N) is 2. The Morgan fingerprint density at radius 1 is 1.16 bits per heavy atom. The number of nitrogens with two attached hydrogens (primary N) is 1. The Balaban J connectivity index is 2.18. The van der Waals surface area contributed by atoms with Crippen LogP contribution in [-0.4, -0.2) is 9.78 Å². The van der Waals surface area contributed by atoms with Crippen molar-refractivity contribution in [2.45, 2.75) is 6.04 Å². The van der Waals surface area contributed by atoms with Crippen LogP contribution in [0.4, 0.5) is 4.39 Å². The van der Waals surface area contributed by atoms with E-state index in [9.17, 15) is 4.39 Å². The predicted molar refractivity (Wildman–Crippen MR) is 73.1 cm³/mol. The van der Waals surface area contributed by atoms with Gasteiger partial charge in [-0.3, -0.25) is 4.68 Å². The molecule has 0 aliphatic carbocycles. The van der Waals surface area contributed by atoms with Crippen LogP contribution in [0, 0.1) is 5.82 Å². The number of hydrogen-bond donors (Lipinski definition) is 1. The van der Waals surface area contributed by atoms with Crippen LogP contribution < -0.4 is 5.73 Å². The van der Waals surface area contributed by atoms with Gasteiger partial charge in [-0.1, -0.05) is 30.3 Å². The van der Waals surface area contributed by atoms with Crippen LogP contribution in [-0.2, 0) is 7.05 Å². The molecule has 3 rings (SSSR count). The third-order valence-corrected chi connectivity index (χ3v) is 3.32. The summed E-state index contributed by atoms with van der Waals surface area (Å²) < 4.78 is 15.5. The van der Waals surface area contributed by atoms with Gasteiger partial charge in [-0.05, 0) is 17.0 Å². The number of rotatable bonds is 2. The lowest BCUT2D eigenvalue weighted by Crippen LogP contribution is -2.11. The van der Waals surface area contributed by atoms with Gasteiger partial charge in [0.2, 0.25) is 0 Å². The van der Waals surface area contributed by atoms with Crippen molar-refractivity contribution in [1.29, 1.82) is 0 Å². The third-order valence-electron chi connectivity index (χ3n) is 3.32. The summed E-state index contributed by atoms with van der Waals surface area (Å²) in [6, 6.07) is 10.3. The van der Waals surface area contributed by atoms with Crippen molar-refractivity contribution < 1.29 is 4.39 Å². The molecule has 1 aromatic heterocycles. The van der Waals surface area contributed by atoms with E-state index in [1.54, 1.807) is 23.0 Å². The Labute approximate surface area is 110 Å². The molecule has 96 valence electrons. The van der Waals surface area contributed by atoms with Gasteiger partial charge in [0.25, 0.3) is 0 Å². The van der Waals surface area contributed by atoms with Gasteiger partial charge < -0.3 is 5.73 Å². The first-order valence-electron chi connectivity index (χ1n) is 6.08. The number of fused-ring (bicyclic) bond motifs is 1. The van der Waals surface area contributed by atoms with Crippen LogP contribution in [0.25, 0.3) is 10.8 Å². The van der Waals surface area contributed by atoms with Gasteiger partial charge in [-0.25, -0.2) is 4.39 Å². The van der Waals surface area contributed by atoms with Crippen molar-refractivity contribution in [3.05, 3.63) is 65.7 Å². The van der Waals surface area contributed by atoms with Gasteiger partial charge in [0.1, 0.15) is 5.82 Å². The molecule has 0 radical (unpaired) electrons. The number of hydrogen-bond acceptors (Lipinski definition) is 2. The average Bonchev–Trinajstić information content (AvgIpc) is 2.86. The van der Waals surface area contributed by atoms with E-state index in [0.29, 0.717) is 5.39 Å². The minimum Gasteiger partial charge on any atom is -0.320 e. The van der Waals surface area contributed by atoms with Crippen LogP contribution in [0.2, 0.25) is 0 Å². The van der Waals surface area contributed by atoms with E-state index in [-0.39, 0.29) is 11.9 Å². The first kappa shape index (κ1) is 11.9. The highest BCUT2D eigenvalue weighted by Crippen LogP contribution is 2.28. The van der Waals surface area contributed by atoms with Crippen LogP contribution in [0.1, 0.15) is 17.2 Å². The van der Waals surface area contributed by atoms with Gasteiger partial charge in [-0.2, -0.15) is 5.10 Å². The zero-order valence-electron chi connectivity index (χ0n) is 10.5. The van der Waals surface area contributed by atoms with Crippen molar-refractivity contribution >= 4 is 10.8 Å². The van der Waals surface area contributed by atoms with Crippen molar-refractivity contribution in [3.8, 4) is 0 Å². The summed E-state index contributed by atoms with van der Waals surface area (Å²) in [7, 11) is 1.85. The van der Waals surface area contributed by atoms with Crippen LogP contribution in [0.3, 0.4) is 0 Å². The molecular formula is C15H14FN3. The van der Waals surface area contributed by atoms with E-state index in [0.717, 1.165) is 16.5 Å². The summed E-state index contributed by atoms with van der Waals surface area (Å²) in [4.78, 5) is 0. The largest absolute Gasteiger partial charge is 0.320 e. The highest BCUT2D eigenvalue weighted by atomic mass is 19.1. The number of aromatic nitrogens is 2. The van der Waals surface area contributed by atoms with Crippen LogP contribution >= 0.6 is 0 Å². The number of halogens is 1. The molecule has 1 atom stereocenters. The Kier molecular flexibility index (Phi) is 2.80. The highest BCUT2D eigenvalue weighted by molar-refractivity contribution is 5.87. The average molecular weight is 255 g/mol. The Bertz CT molecular complexity index is 733. The van der Waals surface area contributed by atoms with E-state index in [1.807, 2.05) is 31.4 Å². The first-order chi connectivity index (χ1) is 9.16. The Morgan fingerprint density at radius 2 is 1.89 bits per heavy atom. The van der Waals surface area contributed by atoms with Gasteiger partial charge in [0, 0.05) is 24.2 Å². The minimum atomic E-state index is -0.306. The van der Waals surface area contributed by atoms with Crippen LogP contribution in [0.15, 0.2) is 48.8 Å². The Morgan fingerprint density at radius 3 is 2.58 bits per heavy atom. The fraction of sp³-hybridized carbons (Fsp3) is 0.133. The van der Waals surface area contributed by atoms with Gasteiger partial charge >= 0.3 is 0 Å². The molecule has 3 aromatic rings. The first-order valence-corrected chi connectivity index (χ1v) is 6.08. The van der Waals surface area contributed by atoms with E-state index >= 15 is 0 Å². The molecule has 1 heterocycles. The van der Waals surface area contributed by atoms with E-state index in [2.05, 4.69) is 5.10 Å². The van der Waals surface area contributed by atoms with Gasteiger partial charge in [0.15, 0.2) is 0 Å². The van der Waals surface area contributed by atoms with Crippen molar-refractivity contribution in [1.82, 2.24) is 9.78 Å². The SMILES string of the molecule is Cn1cc(C(N)c2ccc(F)c3ccccc23)cn1. The zero-order valence-corrected chi connectivity index (χ0v) is 10.5. The molecule has 19 heavy (non-hydrogen) atoms. The summed E-state index contributed by atoms with van der Waals surface area (Å²) >= 11 is 0. The normalized spacial score (nSPS) is 12.8. The summed E-state index contributed by atoms with van der Waals surface area (Å²) in [6.07, 6.45) is 3.62. The standard InChI is InChI=1S/C15H14FN3/c1-19-9-10(8-18-19)15(17)13-6-7-14(16)12-5-3-2-4-11(12)13/h2-9,15H,17H2,1H3. The van der Waals surface area contributed by atoms with E-state index in [1.165, 1.54) is 6.07 Å². The topological polar surface area (TPSA) is 43.8 Å². The molecule has 0 saturated carbocycles. The monoisotopic (exact) mass is 255 g/mol. The quantitative estimate of drug-likeness (QED) is 0.765. The van der Waals surface area contributed by atoms with Crippen molar-refractivity contribution in [2.75, 3.05) is 0 Å². The minimum absolute atomic E-state index is 0.224. The van der Waals surface area contributed by atoms with Crippen LogP contribution in [0.5, 0.6) is 0 Å². The molecule has 0 fully saturated rings. The summed E-state index contributed by atoms with van der Waals surface area (Å²) in [6.45, 7) is 0. The number of benzene rings is 2. The van der Waals surface area contributed by atoms with E-state index < -0.39 is 0 Å². The second-order valence-corrected chi connectivity index (χ2v) is 4.61. The fourth-order valence-corrected chi connectivity index (χ4v) is 2.34. The zero-order chi connectivity index (χ0) is 13.4. The molecule has 0 amide bonds. The molecule has 0 bridgehead atoms. The lowest BCUT2D eigenvalue weighted by molar-refractivity contribution is 0.639. The molecule has 0 aliphatic heterocycles. The molecule has 4 heteroatoms. The molecule has 2 aromatic carbocycles. The lowest BCUT2D eigenvalue weighted by atomic mass is 9.96. The maximum Gasteiger partial charge on any atom is 0.131 e. The lowest BCUT2D eigenvalue weighted by Gasteiger charge is -2.13. The summed E-state index contributed by atoms with van der Waals surface area (Å²) in [5, 5.41) is 5.57. The molecule has 2 N–H and O–H groups in total. The van der Waals surface area contributed by atoms with Crippen molar-refractivity contribution in [2.24, 2.45) is 12.8 Å². The van der Waals surface area contributed by atoms with Gasteiger partial charge in [0.05, 0.1) is 12.2 Å². The molecular weight excluding hydrogens is 241 g/mol. The number of aryl methyl sites for hydroxylation is 1.